The van der Waals surface area contributed by atoms with Gasteiger partial charge in [0.2, 0.25) is 0 Å². The standard InChI is InChI=1S/C11H28O4Si3.4CH4/c1-17(2,3)15-18(4,5)14-16-8-6-7-12-9-11-10-13-11;;;;/h11H,6-10,16H2,1-5H3;4*1H4. The van der Waals surface area contributed by atoms with Gasteiger partial charge >= 0.3 is 8.56 Å². The average molecular weight is 373 g/mol. The summed E-state index contributed by atoms with van der Waals surface area (Å²) in [5.74, 6) is 0. The lowest BCUT2D eigenvalue weighted by Crippen LogP contribution is -2.45. The van der Waals surface area contributed by atoms with Crippen LogP contribution in [0.15, 0.2) is 0 Å². The highest BCUT2D eigenvalue weighted by Crippen LogP contribution is 2.15. The van der Waals surface area contributed by atoms with Crippen molar-refractivity contribution in [3.05, 3.63) is 0 Å². The summed E-state index contributed by atoms with van der Waals surface area (Å²) in [6, 6.07) is 1.18. The van der Waals surface area contributed by atoms with Crippen molar-refractivity contribution in [2.45, 2.75) is 81.0 Å². The average Bonchev–Trinajstić information content (AvgIpc) is 2.96. The molecular formula is C15H44O4Si3. The maximum Gasteiger partial charge on any atom is 0.310 e. The van der Waals surface area contributed by atoms with Gasteiger partial charge in [-0.3, -0.25) is 0 Å². The fourth-order valence-electron chi connectivity index (χ4n) is 1.77. The van der Waals surface area contributed by atoms with Crippen LogP contribution in [0.1, 0.15) is 36.1 Å². The van der Waals surface area contributed by atoms with Crippen molar-refractivity contribution in [1.82, 2.24) is 0 Å². The van der Waals surface area contributed by atoms with Gasteiger partial charge in [0.15, 0.2) is 8.32 Å². The number of epoxide rings is 1. The van der Waals surface area contributed by atoms with E-state index in [0.717, 1.165) is 26.2 Å². The Hall–Kier alpha value is 0.491. The Morgan fingerprint density at radius 3 is 2.05 bits per heavy atom. The van der Waals surface area contributed by atoms with Crippen molar-refractivity contribution in [2.75, 3.05) is 19.8 Å². The molecule has 4 nitrogen and oxygen atoms in total. The fourth-order valence-corrected chi connectivity index (χ4v) is 11.4. The summed E-state index contributed by atoms with van der Waals surface area (Å²) in [6.07, 6.45) is 1.49. The molecule has 1 fully saturated rings. The molecule has 0 aromatic heterocycles. The highest BCUT2D eigenvalue weighted by atomic mass is 28.5. The maximum absolute atomic E-state index is 6.14. The van der Waals surface area contributed by atoms with Gasteiger partial charge in [-0.15, -0.1) is 0 Å². The first-order chi connectivity index (χ1) is 8.29. The zero-order valence-corrected chi connectivity index (χ0v) is 15.9. The summed E-state index contributed by atoms with van der Waals surface area (Å²) >= 11 is 0. The summed E-state index contributed by atoms with van der Waals surface area (Å²) < 4.78 is 22.8. The number of ether oxygens (including phenoxy) is 2. The number of hydrogen-bond acceptors (Lipinski definition) is 4. The van der Waals surface area contributed by atoms with Crippen LogP contribution in [-0.2, 0) is 17.7 Å². The second-order valence-electron chi connectivity index (χ2n) is 6.20. The predicted octanol–water partition coefficient (Wildman–Crippen LogP) is 4.41. The normalized spacial score (nSPS) is 17.0. The molecule has 1 heterocycles. The van der Waals surface area contributed by atoms with Crippen LogP contribution >= 0.6 is 0 Å². The Morgan fingerprint density at radius 2 is 1.59 bits per heavy atom. The van der Waals surface area contributed by atoms with Gasteiger partial charge in [0.1, 0.15) is 15.9 Å². The Morgan fingerprint density at radius 1 is 1.05 bits per heavy atom. The molecule has 1 rings (SSSR count). The van der Waals surface area contributed by atoms with Crippen molar-refractivity contribution < 1.29 is 17.7 Å². The molecule has 0 radical (unpaired) electrons. The molecule has 0 aliphatic carbocycles. The molecule has 140 valence electrons. The van der Waals surface area contributed by atoms with Crippen molar-refractivity contribution in [3.8, 4) is 0 Å². The van der Waals surface area contributed by atoms with E-state index >= 15 is 0 Å². The molecule has 1 aliphatic heterocycles. The lowest BCUT2D eigenvalue weighted by Gasteiger charge is -2.31. The zero-order chi connectivity index (χ0) is 13.6. The van der Waals surface area contributed by atoms with Gasteiger partial charge in [-0.05, 0) is 45.2 Å². The van der Waals surface area contributed by atoms with Gasteiger partial charge in [-0.25, -0.2) is 0 Å². The Kier molecular flexibility index (Phi) is 19.2. The van der Waals surface area contributed by atoms with Gasteiger partial charge in [-0.1, -0.05) is 29.7 Å². The largest absolute Gasteiger partial charge is 0.442 e. The van der Waals surface area contributed by atoms with Crippen LogP contribution in [0.25, 0.3) is 0 Å². The summed E-state index contributed by atoms with van der Waals surface area (Å²) in [4.78, 5) is 0. The van der Waals surface area contributed by atoms with Crippen molar-refractivity contribution in [1.29, 1.82) is 0 Å². The molecule has 1 unspecified atom stereocenters. The van der Waals surface area contributed by atoms with E-state index in [9.17, 15) is 0 Å². The van der Waals surface area contributed by atoms with Crippen molar-refractivity contribution >= 4 is 26.6 Å². The van der Waals surface area contributed by atoms with E-state index in [1.54, 1.807) is 0 Å². The monoisotopic (exact) mass is 372 g/mol. The molecular weight excluding hydrogens is 328 g/mol. The lowest BCUT2D eigenvalue weighted by atomic mass is 10.5. The summed E-state index contributed by atoms with van der Waals surface area (Å²) in [5, 5.41) is 0. The lowest BCUT2D eigenvalue weighted by molar-refractivity contribution is 0.117. The van der Waals surface area contributed by atoms with Crippen LogP contribution in [0, 0.1) is 0 Å². The van der Waals surface area contributed by atoms with Crippen molar-refractivity contribution in [3.63, 3.8) is 0 Å². The smallest absolute Gasteiger partial charge is 0.310 e. The topological polar surface area (TPSA) is 40.2 Å². The fraction of sp³-hybridized carbons (Fsp3) is 1.00. The van der Waals surface area contributed by atoms with Gasteiger partial charge in [0, 0.05) is 6.61 Å². The van der Waals surface area contributed by atoms with Crippen LogP contribution in [0.4, 0.5) is 0 Å². The number of rotatable bonds is 10. The molecule has 0 saturated carbocycles. The van der Waals surface area contributed by atoms with E-state index < -0.39 is 26.6 Å². The molecule has 1 atom stereocenters. The third-order valence-corrected chi connectivity index (χ3v) is 11.2. The second-order valence-corrected chi connectivity index (χ2v) is 16.3. The Labute approximate surface area is 145 Å². The van der Waals surface area contributed by atoms with E-state index in [4.69, 9.17) is 17.7 Å². The van der Waals surface area contributed by atoms with E-state index in [0.29, 0.717) is 6.10 Å². The number of hydrogen-bond donors (Lipinski definition) is 0. The first-order valence-corrected chi connectivity index (χ1v) is 14.6. The first kappa shape index (κ1) is 30.4. The predicted molar refractivity (Wildman–Crippen MR) is 108 cm³/mol. The van der Waals surface area contributed by atoms with Gasteiger partial charge in [0.05, 0.1) is 13.2 Å². The molecule has 0 N–H and O–H groups in total. The quantitative estimate of drug-likeness (QED) is 0.323. The van der Waals surface area contributed by atoms with Crippen LogP contribution in [-0.4, -0.2) is 52.6 Å². The summed E-state index contributed by atoms with van der Waals surface area (Å²) in [6.45, 7) is 13.5. The molecule has 0 bridgehead atoms. The first-order valence-electron chi connectivity index (χ1n) is 6.82. The SMILES string of the molecule is C.C.C.C.C[Si](C)(C)O[Si](C)(C)O[SiH2]CCCOCC1CO1. The van der Waals surface area contributed by atoms with Crippen LogP contribution < -0.4 is 0 Å². The molecule has 0 aromatic rings. The molecule has 0 aromatic carbocycles. The zero-order valence-electron chi connectivity index (χ0n) is 12.5. The minimum absolute atomic E-state index is 0. The van der Waals surface area contributed by atoms with Gasteiger partial charge in [0.25, 0.3) is 0 Å². The van der Waals surface area contributed by atoms with Crippen LogP contribution in [0.2, 0.25) is 38.8 Å². The second kappa shape index (κ2) is 13.9. The van der Waals surface area contributed by atoms with Crippen molar-refractivity contribution in [2.24, 2.45) is 0 Å². The summed E-state index contributed by atoms with van der Waals surface area (Å²) in [7, 11) is -3.76. The van der Waals surface area contributed by atoms with E-state index in [-0.39, 0.29) is 29.7 Å². The Bertz CT molecular complexity index is 241. The summed E-state index contributed by atoms with van der Waals surface area (Å²) in [5.41, 5.74) is 0. The van der Waals surface area contributed by atoms with Gasteiger partial charge in [-0.2, -0.15) is 0 Å². The molecule has 0 amide bonds. The third kappa shape index (κ3) is 18.5. The van der Waals surface area contributed by atoms with Gasteiger partial charge < -0.3 is 17.7 Å². The van der Waals surface area contributed by atoms with Crippen LogP contribution in [0.5, 0.6) is 0 Å². The van der Waals surface area contributed by atoms with E-state index in [1.807, 2.05) is 0 Å². The minimum Gasteiger partial charge on any atom is -0.442 e. The highest BCUT2D eigenvalue weighted by molar-refractivity contribution is 6.82. The highest BCUT2D eigenvalue weighted by Gasteiger charge is 2.30. The molecule has 1 saturated heterocycles. The minimum atomic E-state index is -1.85. The Balaban J connectivity index is -0.000000405. The molecule has 1 aliphatic rings. The molecule has 22 heavy (non-hydrogen) atoms. The molecule has 0 spiro atoms. The van der Waals surface area contributed by atoms with E-state index in [2.05, 4.69) is 32.7 Å². The third-order valence-electron chi connectivity index (χ3n) is 2.39. The van der Waals surface area contributed by atoms with Crippen LogP contribution in [0.3, 0.4) is 0 Å². The molecule has 7 heteroatoms. The van der Waals surface area contributed by atoms with E-state index in [1.165, 1.54) is 6.04 Å². The maximum atomic E-state index is 6.14.